The molecule has 13 heavy (non-hydrogen) atoms. The molecule has 0 atom stereocenters. The Hall–Kier alpha value is -0.790. The van der Waals surface area contributed by atoms with E-state index in [4.69, 9.17) is 4.74 Å². The van der Waals surface area contributed by atoms with Crippen LogP contribution in [0.2, 0.25) is 0 Å². The van der Waals surface area contributed by atoms with E-state index >= 15 is 0 Å². The third-order valence-electron chi connectivity index (χ3n) is 1.75. The smallest absolute Gasteiger partial charge is 0.333 e. The van der Waals surface area contributed by atoms with Crippen LogP contribution in [0.15, 0.2) is 11.6 Å². The summed E-state index contributed by atoms with van der Waals surface area (Å²) in [6, 6.07) is 0. The van der Waals surface area contributed by atoms with Crippen LogP contribution >= 0.6 is 0 Å². The van der Waals surface area contributed by atoms with Crippen LogP contribution in [0.1, 0.15) is 47.0 Å². The predicted octanol–water partition coefficient (Wildman–Crippen LogP) is 3.07. The average Bonchev–Trinajstić information content (AvgIpc) is 2.04. The van der Waals surface area contributed by atoms with Gasteiger partial charge < -0.3 is 4.74 Å². The van der Waals surface area contributed by atoms with Gasteiger partial charge in [-0.1, -0.05) is 19.4 Å². The topological polar surface area (TPSA) is 26.3 Å². The second-order valence-corrected chi connectivity index (χ2v) is 3.37. The van der Waals surface area contributed by atoms with Gasteiger partial charge in [-0.15, -0.1) is 0 Å². The lowest BCUT2D eigenvalue weighted by Crippen LogP contribution is -2.13. The molecule has 0 aliphatic heterocycles. The van der Waals surface area contributed by atoms with Crippen molar-refractivity contribution in [2.24, 2.45) is 0 Å². The molecule has 0 amide bonds. The highest BCUT2D eigenvalue weighted by Crippen LogP contribution is 2.10. The maximum atomic E-state index is 11.4. The number of esters is 1. The molecule has 0 radical (unpaired) electrons. The fraction of sp³-hybridized carbons (Fsp3) is 0.727. The first-order valence-electron chi connectivity index (χ1n) is 4.98. The molecule has 0 bridgehead atoms. The van der Waals surface area contributed by atoms with E-state index in [1.807, 2.05) is 26.8 Å². The first-order chi connectivity index (χ1) is 6.11. The Morgan fingerprint density at radius 2 is 2.08 bits per heavy atom. The molecule has 0 fully saturated rings. The van der Waals surface area contributed by atoms with Gasteiger partial charge in [0.15, 0.2) is 0 Å². The fourth-order valence-corrected chi connectivity index (χ4v) is 1.02. The Balaban J connectivity index is 4.02. The Morgan fingerprint density at radius 1 is 1.46 bits per heavy atom. The first kappa shape index (κ1) is 12.2. The van der Waals surface area contributed by atoms with Gasteiger partial charge >= 0.3 is 5.97 Å². The Bertz CT molecular complexity index is 181. The third-order valence-corrected chi connectivity index (χ3v) is 1.75. The second-order valence-electron chi connectivity index (χ2n) is 3.37. The number of allylic oxidation sites excluding steroid dienone is 1. The quantitative estimate of drug-likeness (QED) is 0.485. The van der Waals surface area contributed by atoms with Crippen molar-refractivity contribution < 1.29 is 9.53 Å². The van der Waals surface area contributed by atoms with E-state index in [9.17, 15) is 4.79 Å². The van der Waals surface area contributed by atoms with Crippen LogP contribution in [-0.2, 0) is 9.53 Å². The summed E-state index contributed by atoms with van der Waals surface area (Å²) in [6.07, 6.45) is 4.81. The lowest BCUT2D eigenvalue weighted by molar-refractivity contribution is -0.142. The Kier molecular flexibility index (Phi) is 6.29. The second kappa shape index (κ2) is 6.70. The van der Waals surface area contributed by atoms with E-state index < -0.39 is 0 Å². The molecular weight excluding hydrogens is 164 g/mol. The summed E-state index contributed by atoms with van der Waals surface area (Å²) < 4.78 is 5.09. The van der Waals surface area contributed by atoms with Crippen molar-refractivity contribution in [1.29, 1.82) is 0 Å². The molecule has 0 saturated heterocycles. The molecule has 0 aromatic heterocycles. The molecule has 0 saturated carbocycles. The molecular formula is C11H20O2. The van der Waals surface area contributed by atoms with Crippen LogP contribution < -0.4 is 0 Å². The number of carbonyl (C=O) groups is 1. The zero-order chi connectivity index (χ0) is 10.3. The van der Waals surface area contributed by atoms with Crippen LogP contribution in [0.4, 0.5) is 0 Å². The number of rotatable bonds is 5. The number of unbranched alkanes of at least 4 members (excludes halogenated alkanes) is 1. The lowest BCUT2D eigenvalue weighted by Gasteiger charge is -2.09. The molecule has 0 aliphatic rings. The van der Waals surface area contributed by atoms with E-state index in [-0.39, 0.29) is 12.1 Å². The molecule has 0 unspecified atom stereocenters. The van der Waals surface area contributed by atoms with E-state index in [1.54, 1.807) is 0 Å². The van der Waals surface area contributed by atoms with Gasteiger partial charge in [-0.2, -0.15) is 0 Å². The average molecular weight is 184 g/mol. The highest BCUT2D eigenvalue weighted by molar-refractivity contribution is 5.88. The van der Waals surface area contributed by atoms with Crippen LogP contribution in [0.5, 0.6) is 0 Å². The Labute approximate surface area is 81.0 Å². The summed E-state index contributed by atoms with van der Waals surface area (Å²) in [7, 11) is 0. The van der Waals surface area contributed by atoms with Gasteiger partial charge in [0, 0.05) is 5.57 Å². The minimum atomic E-state index is -0.161. The Morgan fingerprint density at radius 3 is 2.46 bits per heavy atom. The summed E-state index contributed by atoms with van der Waals surface area (Å²) in [6.45, 7) is 7.73. The molecule has 0 aliphatic carbocycles. The van der Waals surface area contributed by atoms with Gasteiger partial charge in [0.1, 0.15) is 0 Å². The van der Waals surface area contributed by atoms with Gasteiger partial charge in [0.05, 0.1) is 6.10 Å². The zero-order valence-electron chi connectivity index (χ0n) is 9.09. The van der Waals surface area contributed by atoms with Crippen molar-refractivity contribution >= 4 is 5.97 Å². The monoisotopic (exact) mass is 184 g/mol. The number of hydrogen-bond acceptors (Lipinski definition) is 2. The molecule has 0 heterocycles. The minimum Gasteiger partial charge on any atom is -0.460 e. The van der Waals surface area contributed by atoms with E-state index in [1.165, 1.54) is 0 Å². The van der Waals surface area contributed by atoms with Gasteiger partial charge in [-0.05, 0) is 33.6 Å². The maximum absolute atomic E-state index is 11.4. The summed E-state index contributed by atoms with van der Waals surface area (Å²) in [4.78, 5) is 11.4. The van der Waals surface area contributed by atoms with E-state index in [0.29, 0.717) is 0 Å². The van der Waals surface area contributed by atoms with Gasteiger partial charge in [-0.3, -0.25) is 0 Å². The molecule has 2 heteroatoms. The SMILES string of the molecule is C/C=C(\CCCC)C(=O)OC(C)C. The van der Waals surface area contributed by atoms with Crippen molar-refractivity contribution in [2.75, 3.05) is 0 Å². The highest BCUT2D eigenvalue weighted by atomic mass is 16.5. The summed E-state index contributed by atoms with van der Waals surface area (Å²) in [5.74, 6) is -0.161. The largest absolute Gasteiger partial charge is 0.460 e. The van der Waals surface area contributed by atoms with Crippen molar-refractivity contribution in [3.8, 4) is 0 Å². The van der Waals surface area contributed by atoms with Crippen LogP contribution in [0.25, 0.3) is 0 Å². The zero-order valence-corrected chi connectivity index (χ0v) is 9.09. The van der Waals surface area contributed by atoms with Gasteiger partial charge in [-0.25, -0.2) is 4.79 Å². The van der Waals surface area contributed by atoms with Gasteiger partial charge in [0.25, 0.3) is 0 Å². The lowest BCUT2D eigenvalue weighted by atomic mass is 10.1. The van der Waals surface area contributed by atoms with Crippen molar-refractivity contribution in [3.63, 3.8) is 0 Å². The maximum Gasteiger partial charge on any atom is 0.333 e. The molecule has 76 valence electrons. The number of hydrogen-bond donors (Lipinski definition) is 0. The normalized spacial score (nSPS) is 11.9. The standard InChI is InChI=1S/C11H20O2/c1-5-7-8-10(6-2)11(12)13-9(3)4/h6,9H,5,7-8H2,1-4H3/b10-6+. The van der Waals surface area contributed by atoms with Crippen LogP contribution in [0, 0.1) is 0 Å². The predicted molar refractivity (Wildman–Crippen MR) is 54.5 cm³/mol. The van der Waals surface area contributed by atoms with E-state index in [0.717, 1.165) is 24.8 Å². The van der Waals surface area contributed by atoms with Crippen LogP contribution in [-0.4, -0.2) is 12.1 Å². The summed E-state index contributed by atoms with van der Waals surface area (Å²) >= 11 is 0. The number of ether oxygens (including phenoxy) is 1. The molecule has 0 spiro atoms. The van der Waals surface area contributed by atoms with Crippen molar-refractivity contribution in [1.82, 2.24) is 0 Å². The fourth-order valence-electron chi connectivity index (χ4n) is 1.02. The highest BCUT2D eigenvalue weighted by Gasteiger charge is 2.10. The summed E-state index contributed by atoms with van der Waals surface area (Å²) in [5.41, 5.74) is 0.801. The van der Waals surface area contributed by atoms with Crippen molar-refractivity contribution in [3.05, 3.63) is 11.6 Å². The first-order valence-corrected chi connectivity index (χ1v) is 4.98. The van der Waals surface area contributed by atoms with Crippen molar-refractivity contribution in [2.45, 2.75) is 53.1 Å². The molecule has 0 aromatic carbocycles. The summed E-state index contributed by atoms with van der Waals surface area (Å²) in [5, 5.41) is 0. The molecule has 0 rings (SSSR count). The molecule has 0 aromatic rings. The number of carbonyl (C=O) groups excluding carboxylic acids is 1. The molecule has 0 N–H and O–H groups in total. The third kappa shape index (κ3) is 5.45. The van der Waals surface area contributed by atoms with E-state index in [2.05, 4.69) is 6.92 Å². The molecule has 2 nitrogen and oxygen atoms in total. The van der Waals surface area contributed by atoms with Crippen LogP contribution in [0.3, 0.4) is 0 Å². The van der Waals surface area contributed by atoms with Gasteiger partial charge in [0.2, 0.25) is 0 Å². The minimum absolute atomic E-state index is 0.0240.